The summed E-state index contributed by atoms with van der Waals surface area (Å²) >= 11 is 0. The Morgan fingerprint density at radius 3 is 2.16 bits per heavy atom. The van der Waals surface area contributed by atoms with Gasteiger partial charge in [-0.3, -0.25) is 9.59 Å². The summed E-state index contributed by atoms with van der Waals surface area (Å²) in [4.78, 5) is 35.4. The Labute approximate surface area is 183 Å². The predicted molar refractivity (Wildman–Crippen MR) is 121 cm³/mol. The van der Waals surface area contributed by atoms with Crippen LogP contribution in [0.15, 0.2) is 48.5 Å². The molecular weight excluding hydrogens is 394 g/mol. The van der Waals surface area contributed by atoms with Crippen molar-refractivity contribution in [3.05, 3.63) is 65.2 Å². The molecule has 0 fully saturated rings. The molecule has 0 saturated heterocycles. The number of benzene rings is 2. The molecule has 0 saturated carbocycles. The number of anilines is 1. The smallest absolute Gasteiger partial charge is 0.407 e. The zero-order valence-electron chi connectivity index (χ0n) is 18.4. The van der Waals surface area contributed by atoms with Gasteiger partial charge in [-0.25, -0.2) is 4.79 Å². The monoisotopic (exact) mass is 425 g/mol. The molecule has 0 aromatic heterocycles. The first-order chi connectivity index (χ1) is 14.7. The third-order valence-corrected chi connectivity index (χ3v) is 4.85. The van der Waals surface area contributed by atoms with Crippen molar-refractivity contribution in [3.8, 4) is 0 Å². The van der Waals surface area contributed by atoms with Gasteiger partial charge in [0.05, 0.1) is 6.61 Å². The predicted octanol–water partition coefficient (Wildman–Crippen LogP) is 4.28. The van der Waals surface area contributed by atoms with Gasteiger partial charge in [0.15, 0.2) is 0 Å². The van der Waals surface area contributed by atoms with E-state index in [9.17, 15) is 14.4 Å². The topological polar surface area (TPSA) is 111 Å². The maximum Gasteiger partial charge on any atom is 0.407 e. The maximum atomic E-state index is 12.4. The number of hydrogen-bond donors (Lipinski definition) is 3. The van der Waals surface area contributed by atoms with E-state index in [-0.39, 0.29) is 5.91 Å². The largest absolute Gasteiger partial charge is 0.450 e. The Morgan fingerprint density at radius 1 is 0.968 bits per heavy atom. The van der Waals surface area contributed by atoms with E-state index in [2.05, 4.69) is 10.6 Å². The first-order valence-electron chi connectivity index (χ1n) is 10.5. The Morgan fingerprint density at radius 2 is 1.58 bits per heavy atom. The molecule has 0 unspecified atom stereocenters. The molecule has 7 heteroatoms. The number of unbranched alkanes of at least 4 members (excludes halogenated alkanes) is 1. The van der Waals surface area contributed by atoms with Gasteiger partial charge >= 0.3 is 6.09 Å². The van der Waals surface area contributed by atoms with E-state index in [1.807, 2.05) is 32.9 Å². The van der Waals surface area contributed by atoms with E-state index in [0.29, 0.717) is 23.4 Å². The van der Waals surface area contributed by atoms with Gasteiger partial charge in [-0.15, -0.1) is 0 Å². The summed E-state index contributed by atoms with van der Waals surface area (Å²) < 4.78 is 5.16. The van der Waals surface area contributed by atoms with Crippen molar-refractivity contribution in [2.24, 2.45) is 5.73 Å². The fourth-order valence-corrected chi connectivity index (χ4v) is 2.88. The van der Waals surface area contributed by atoms with E-state index in [0.717, 1.165) is 31.2 Å². The molecule has 31 heavy (non-hydrogen) atoms. The number of primary amides is 1. The number of amides is 3. The van der Waals surface area contributed by atoms with Gasteiger partial charge in [0, 0.05) is 22.4 Å². The van der Waals surface area contributed by atoms with Gasteiger partial charge in [0.1, 0.15) is 0 Å². The summed E-state index contributed by atoms with van der Waals surface area (Å²) in [5, 5.41) is 5.69. The lowest BCUT2D eigenvalue weighted by Crippen LogP contribution is -2.44. The normalized spacial score (nSPS) is 10.9. The number of alkyl carbamates (subject to hydrolysis) is 1. The first-order valence-corrected chi connectivity index (χ1v) is 10.5. The van der Waals surface area contributed by atoms with Crippen LogP contribution in [-0.2, 0) is 11.2 Å². The number of nitrogens with two attached hydrogens (primary N) is 1. The molecule has 166 valence electrons. The van der Waals surface area contributed by atoms with Crippen molar-refractivity contribution >= 4 is 23.6 Å². The Kier molecular flexibility index (Phi) is 8.61. The fraction of sp³-hybridized carbons (Fsp3) is 0.375. The third-order valence-electron chi connectivity index (χ3n) is 4.85. The fourth-order valence-electron chi connectivity index (χ4n) is 2.88. The van der Waals surface area contributed by atoms with E-state index in [4.69, 9.17) is 10.5 Å². The Hall–Kier alpha value is -3.35. The van der Waals surface area contributed by atoms with Crippen LogP contribution in [0.2, 0.25) is 0 Å². The second-order valence-electron chi connectivity index (χ2n) is 8.09. The van der Waals surface area contributed by atoms with Gasteiger partial charge < -0.3 is 21.1 Å². The minimum Gasteiger partial charge on any atom is -0.450 e. The number of hydrogen-bond acceptors (Lipinski definition) is 4. The van der Waals surface area contributed by atoms with E-state index >= 15 is 0 Å². The van der Waals surface area contributed by atoms with Crippen molar-refractivity contribution in [3.63, 3.8) is 0 Å². The highest BCUT2D eigenvalue weighted by molar-refractivity contribution is 6.04. The first kappa shape index (κ1) is 23.9. The Balaban J connectivity index is 1.85. The highest BCUT2D eigenvalue weighted by Crippen LogP contribution is 2.16. The number of carbonyl (C=O) groups is 3. The zero-order valence-corrected chi connectivity index (χ0v) is 18.4. The van der Waals surface area contributed by atoms with Crippen LogP contribution in [0.5, 0.6) is 0 Å². The number of ether oxygens (including phenoxy) is 1. The van der Waals surface area contributed by atoms with E-state index in [1.54, 1.807) is 36.4 Å². The molecule has 2 rings (SSSR count). The molecule has 4 N–H and O–H groups in total. The lowest BCUT2D eigenvalue weighted by molar-refractivity contribution is 0.0998. The lowest BCUT2D eigenvalue weighted by Gasteiger charge is -2.26. The summed E-state index contributed by atoms with van der Waals surface area (Å²) in [5.74, 6) is -0.754. The molecule has 0 radical (unpaired) electrons. The average molecular weight is 426 g/mol. The molecule has 2 aromatic carbocycles. The Bertz CT molecular complexity index is 890. The van der Waals surface area contributed by atoms with Crippen LogP contribution in [0.1, 0.15) is 66.3 Å². The molecule has 0 spiro atoms. The summed E-state index contributed by atoms with van der Waals surface area (Å²) in [5.41, 5.74) is 7.37. The molecule has 0 aliphatic heterocycles. The molecule has 0 heterocycles. The van der Waals surface area contributed by atoms with Crippen LogP contribution in [0, 0.1) is 0 Å². The molecule has 0 bridgehead atoms. The van der Waals surface area contributed by atoms with Crippen molar-refractivity contribution in [2.45, 2.75) is 52.0 Å². The van der Waals surface area contributed by atoms with E-state index < -0.39 is 17.5 Å². The highest BCUT2D eigenvalue weighted by Gasteiger charge is 2.21. The highest BCUT2D eigenvalue weighted by atomic mass is 16.5. The number of carbonyl (C=O) groups excluding carboxylic acids is 3. The number of rotatable bonds is 10. The molecule has 2 aromatic rings. The SMILES string of the molecule is CCCCOC(=O)NC(C)(C)CCc1ccc(C(=O)Nc2ccc(C(N)=O)cc2)cc1. The van der Waals surface area contributed by atoms with Gasteiger partial charge in [-0.1, -0.05) is 25.5 Å². The quantitative estimate of drug-likeness (QED) is 0.494. The number of aryl methyl sites for hydroxylation is 1. The van der Waals surface area contributed by atoms with Gasteiger partial charge in [-0.05, 0) is 75.1 Å². The van der Waals surface area contributed by atoms with E-state index in [1.165, 1.54) is 0 Å². The average Bonchev–Trinajstić information content (AvgIpc) is 2.73. The minimum atomic E-state index is -0.514. The third kappa shape index (κ3) is 8.12. The molecule has 3 amide bonds. The summed E-state index contributed by atoms with van der Waals surface area (Å²) in [6.45, 7) is 6.39. The van der Waals surface area contributed by atoms with Crippen LogP contribution in [0.4, 0.5) is 10.5 Å². The standard InChI is InChI=1S/C24H31N3O4/c1-4-5-16-31-23(30)27-24(2,3)15-14-17-6-8-19(9-7-17)22(29)26-20-12-10-18(11-13-20)21(25)28/h6-13H,4-5,14-16H2,1-3H3,(H2,25,28)(H,26,29)(H,27,30). The minimum absolute atomic E-state index is 0.241. The summed E-state index contributed by atoms with van der Waals surface area (Å²) in [6, 6.07) is 13.7. The number of nitrogens with one attached hydrogen (secondary N) is 2. The summed E-state index contributed by atoms with van der Waals surface area (Å²) in [7, 11) is 0. The zero-order chi connectivity index (χ0) is 22.9. The van der Waals surface area contributed by atoms with Crippen LogP contribution >= 0.6 is 0 Å². The molecule has 0 aliphatic rings. The van der Waals surface area contributed by atoms with Crippen LogP contribution in [0.3, 0.4) is 0 Å². The van der Waals surface area contributed by atoms with Gasteiger partial charge in [0.2, 0.25) is 5.91 Å². The molecule has 7 nitrogen and oxygen atoms in total. The lowest BCUT2D eigenvalue weighted by atomic mass is 9.95. The van der Waals surface area contributed by atoms with Gasteiger partial charge in [-0.2, -0.15) is 0 Å². The second kappa shape index (κ2) is 11.2. The summed E-state index contributed by atoms with van der Waals surface area (Å²) in [6.07, 6.45) is 2.92. The van der Waals surface area contributed by atoms with Crippen LogP contribution in [0.25, 0.3) is 0 Å². The van der Waals surface area contributed by atoms with Gasteiger partial charge in [0.25, 0.3) is 5.91 Å². The van der Waals surface area contributed by atoms with Crippen molar-refractivity contribution < 1.29 is 19.1 Å². The van der Waals surface area contributed by atoms with Crippen molar-refractivity contribution in [1.82, 2.24) is 5.32 Å². The molecular formula is C24H31N3O4. The second-order valence-corrected chi connectivity index (χ2v) is 8.09. The maximum absolute atomic E-state index is 12.4. The van der Waals surface area contributed by atoms with Crippen LogP contribution < -0.4 is 16.4 Å². The molecule has 0 atom stereocenters. The molecule has 0 aliphatic carbocycles. The van der Waals surface area contributed by atoms with Crippen molar-refractivity contribution in [1.29, 1.82) is 0 Å². The van der Waals surface area contributed by atoms with Crippen molar-refractivity contribution in [2.75, 3.05) is 11.9 Å². The van der Waals surface area contributed by atoms with Crippen LogP contribution in [-0.4, -0.2) is 30.1 Å².